The van der Waals surface area contributed by atoms with E-state index < -0.39 is 12.6 Å². The van der Waals surface area contributed by atoms with Crippen molar-refractivity contribution in [2.45, 2.75) is 38.9 Å². The molecule has 194 valence electrons. The van der Waals surface area contributed by atoms with Crippen LogP contribution < -0.4 is 0 Å². The summed E-state index contributed by atoms with van der Waals surface area (Å²) in [6.07, 6.45) is -3.15. The van der Waals surface area contributed by atoms with Crippen molar-refractivity contribution in [1.29, 1.82) is 5.26 Å². The SMILES string of the molecule is C=Nc1sc(CC(F)(F)F)cc1C(=NC)N1CCC2(CCN(Cc3ccc4[nH]c(C#N)cc4c3C)C2)C1. The van der Waals surface area contributed by atoms with Crippen LogP contribution >= 0.6 is 11.3 Å². The number of nitrogens with one attached hydrogen (secondary N) is 1. The number of H-pyrrole nitrogens is 1. The molecule has 0 bridgehead atoms. The summed E-state index contributed by atoms with van der Waals surface area (Å²) in [7, 11) is 1.69. The number of amidine groups is 1. The van der Waals surface area contributed by atoms with Gasteiger partial charge in [-0.1, -0.05) is 6.07 Å². The van der Waals surface area contributed by atoms with Gasteiger partial charge in [-0.2, -0.15) is 18.4 Å². The third kappa shape index (κ3) is 5.03. The number of hydrogen-bond acceptors (Lipinski definition) is 5. The summed E-state index contributed by atoms with van der Waals surface area (Å²) in [4.78, 5) is 16.6. The highest BCUT2D eigenvalue weighted by molar-refractivity contribution is 7.16. The van der Waals surface area contributed by atoms with Crippen LogP contribution in [0.15, 0.2) is 34.3 Å². The molecule has 10 heteroatoms. The number of likely N-dealkylation sites (tertiary alicyclic amines) is 2. The first-order valence-electron chi connectivity index (χ1n) is 12.3. The van der Waals surface area contributed by atoms with Crippen molar-refractivity contribution in [1.82, 2.24) is 14.8 Å². The molecule has 2 fully saturated rings. The Morgan fingerprint density at radius 2 is 2.03 bits per heavy atom. The van der Waals surface area contributed by atoms with Crippen LogP contribution in [0.4, 0.5) is 18.2 Å². The number of fused-ring (bicyclic) bond motifs is 1. The molecular formula is C27H29F3N6S. The Morgan fingerprint density at radius 1 is 1.24 bits per heavy atom. The third-order valence-corrected chi connectivity index (χ3v) is 8.76. The number of aromatic nitrogens is 1. The van der Waals surface area contributed by atoms with Gasteiger partial charge < -0.3 is 9.88 Å². The maximum atomic E-state index is 13.0. The lowest BCUT2D eigenvalue weighted by Gasteiger charge is -2.26. The van der Waals surface area contributed by atoms with Crippen LogP contribution in [0.5, 0.6) is 0 Å². The lowest BCUT2D eigenvalue weighted by molar-refractivity contribution is -0.126. The molecule has 1 spiro atoms. The molecule has 2 aromatic heterocycles. The topological polar surface area (TPSA) is 70.8 Å². The fourth-order valence-corrected chi connectivity index (χ4v) is 6.89. The highest BCUT2D eigenvalue weighted by Gasteiger charge is 2.44. The number of rotatable bonds is 5. The van der Waals surface area contributed by atoms with Crippen LogP contribution in [-0.4, -0.2) is 66.7 Å². The summed E-state index contributed by atoms with van der Waals surface area (Å²) < 4.78 is 38.9. The second kappa shape index (κ2) is 9.62. The molecule has 0 radical (unpaired) electrons. The van der Waals surface area contributed by atoms with Gasteiger partial charge in [0.05, 0.1) is 12.0 Å². The molecule has 4 heterocycles. The fourth-order valence-electron chi connectivity index (χ4n) is 5.90. The Morgan fingerprint density at radius 3 is 2.73 bits per heavy atom. The number of thiophene rings is 1. The van der Waals surface area contributed by atoms with Crippen molar-refractivity contribution in [3.05, 3.63) is 51.5 Å². The Hall–Kier alpha value is -3.16. The van der Waals surface area contributed by atoms with Gasteiger partial charge in [-0.25, -0.2) is 0 Å². The monoisotopic (exact) mass is 526 g/mol. The van der Waals surface area contributed by atoms with Crippen molar-refractivity contribution < 1.29 is 13.2 Å². The predicted octanol–water partition coefficient (Wildman–Crippen LogP) is 5.82. The van der Waals surface area contributed by atoms with Crippen LogP contribution in [-0.2, 0) is 13.0 Å². The summed E-state index contributed by atoms with van der Waals surface area (Å²) in [5.41, 5.74) is 4.77. The Balaban J connectivity index is 1.29. The average Bonchev–Trinajstić information content (AvgIpc) is 3.63. The summed E-state index contributed by atoms with van der Waals surface area (Å²) in [6, 6.07) is 9.86. The molecule has 0 amide bonds. The first kappa shape index (κ1) is 25.5. The van der Waals surface area contributed by atoms with Crippen molar-refractivity contribution in [3.63, 3.8) is 0 Å². The lowest BCUT2D eigenvalue weighted by Crippen LogP contribution is -2.34. The molecule has 1 atom stereocenters. The van der Waals surface area contributed by atoms with E-state index >= 15 is 0 Å². The lowest BCUT2D eigenvalue weighted by atomic mass is 9.86. The molecule has 2 aliphatic heterocycles. The van der Waals surface area contributed by atoms with Gasteiger partial charge in [-0.3, -0.25) is 14.9 Å². The minimum atomic E-state index is -4.27. The van der Waals surface area contributed by atoms with Crippen LogP contribution in [0.3, 0.4) is 0 Å². The fraction of sp³-hybridized carbons (Fsp3) is 0.444. The number of alkyl halides is 3. The molecule has 0 aliphatic carbocycles. The quantitative estimate of drug-likeness (QED) is 0.336. The zero-order valence-electron chi connectivity index (χ0n) is 21.0. The van der Waals surface area contributed by atoms with Gasteiger partial charge in [-0.05, 0) is 62.4 Å². The van der Waals surface area contributed by atoms with Crippen molar-refractivity contribution in [3.8, 4) is 6.07 Å². The first-order chi connectivity index (χ1) is 17.6. The largest absolute Gasteiger partial charge is 0.393 e. The zero-order valence-corrected chi connectivity index (χ0v) is 21.8. The molecule has 1 aromatic carbocycles. The van der Waals surface area contributed by atoms with Gasteiger partial charge in [0.1, 0.15) is 22.6 Å². The van der Waals surface area contributed by atoms with Crippen LogP contribution in [0.1, 0.15) is 40.1 Å². The molecule has 2 aliphatic rings. The number of aliphatic imine (C=N–C) groups is 2. The molecule has 2 saturated heterocycles. The van der Waals surface area contributed by atoms with E-state index in [-0.39, 0.29) is 10.3 Å². The molecule has 3 aromatic rings. The molecule has 6 nitrogen and oxygen atoms in total. The number of aryl methyl sites for hydroxylation is 1. The van der Waals surface area contributed by atoms with Crippen molar-refractivity contribution in [2.24, 2.45) is 15.4 Å². The van der Waals surface area contributed by atoms with Crippen LogP contribution in [0.2, 0.25) is 0 Å². The van der Waals surface area contributed by atoms with E-state index in [1.54, 1.807) is 13.1 Å². The Labute approximate surface area is 218 Å². The van der Waals surface area contributed by atoms with Gasteiger partial charge in [0.2, 0.25) is 0 Å². The van der Waals surface area contributed by atoms with E-state index in [1.807, 2.05) is 12.1 Å². The molecule has 1 N–H and O–H groups in total. The summed E-state index contributed by atoms with van der Waals surface area (Å²) >= 11 is 1.03. The summed E-state index contributed by atoms with van der Waals surface area (Å²) in [6.45, 7) is 10.1. The van der Waals surface area contributed by atoms with Gasteiger partial charge in [-0.15, -0.1) is 11.3 Å². The predicted molar refractivity (Wildman–Crippen MR) is 142 cm³/mol. The Bertz CT molecular complexity index is 1410. The molecule has 5 rings (SSSR count). The molecule has 0 saturated carbocycles. The number of nitrogens with zero attached hydrogens (tertiary/aromatic N) is 5. The second-order valence-corrected chi connectivity index (χ2v) is 11.3. The maximum absolute atomic E-state index is 13.0. The summed E-state index contributed by atoms with van der Waals surface area (Å²) in [5, 5.41) is 10.8. The van der Waals surface area contributed by atoms with E-state index in [9.17, 15) is 18.4 Å². The van der Waals surface area contributed by atoms with Crippen molar-refractivity contribution in [2.75, 3.05) is 33.2 Å². The molecule has 37 heavy (non-hydrogen) atoms. The van der Waals surface area contributed by atoms with Gasteiger partial charge >= 0.3 is 6.18 Å². The smallest absolute Gasteiger partial charge is 0.356 e. The third-order valence-electron chi connectivity index (χ3n) is 7.69. The highest BCUT2D eigenvalue weighted by atomic mass is 32.1. The minimum absolute atomic E-state index is 0.128. The average molecular weight is 527 g/mol. The Kier molecular flexibility index (Phi) is 6.62. The van der Waals surface area contributed by atoms with E-state index in [2.05, 4.69) is 50.5 Å². The normalized spacial score (nSPS) is 20.9. The van der Waals surface area contributed by atoms with E-state index in [4.69, 9.17) is 0 Å². The molecule has 1 unspecified atom stereocenters. The number of hydrogen-bond donors (Lipinski definition) is 1. The van der Waals surface area contributed by atoms with E-state index in [0.29, 0.717) is 22.1 Å². The van der Waals surface area contributed by atoms with E-state index in [1.165, 1.54) is 11.1 Å². The highest BCUT2D eigenvalue weighted by Crippen LogP contribution is 2.42. The standard InChI is InChI=1S/C27H29F3N6S/c1-17-18(4-5-23-21(17)10-19(13-31)34-23)14-35-8-6-26(15-35)7-9-36(16-26)24(32-2)22-11-20(12-27(28,29)30)37-25(22)33-3/h4-5,10-11,34H,3,6-9,12,14-16H2,1-2H3. The minimum Gasteiger partial charge on any atom is -0.356 e. The first-order valence-corrected chi connectivity index (χ1v) is 13.1. The van der Waals surface area contributed by atoms with Crippen LogP contribution in [0, 0.1) is 23.7 Å². The van der Waals surface area contributed by atoms with E-state index in [0.717, 1.165) is 67.8 Å². The number of aromatic amines is 1. The number of nitriles is 1. The maximum Gasteiger partial charge on any atom is 0.393 e. The van der Waals surface area contributed by atoms with Gasteiger partial charge in [0, 0.05) is 54.4 Å². The van der Waals surface area contributed by atoms with Crippen LogP contribution in [0.25, 0.3) is 10.9 Å². The van der Waals surface area contributed by atoms with Gasteiger partial charge in [0.15, 0.2) is 0 Å². The van der Waals surface area contributed by atoms with Crippen molar-refractivity contribution >= 4 is 39.8 Å². The zero-order chi connectivity index (χ0) is 26.4. The summed E-state index contributed by atoms with van der Waals surface area (Å²) in [5.74, 6) is 0.699. The second-order valence-electron chi connectivity index (χ2n) is 10.2. The number of benzene rings is 1. The van der Waals surface area contributed by atoms with Gasteiger partial charge in [0.25, 0.3) is 0 Å². The number of halogens is 3. The molecular weight excluding hydrogens is 497 g/mol.